The molecule has 0 saturated carbocycles. The molecule has 0 radical (unpaired) electrons. The fraction of sp³-hybridized carbons (Fsp3) is 0.577. The van der Waals surface area contributed by atoms with Gasteiger partial charge >= 0.3 is 5.97 Å². The monoisotopic (exact) mass is 502 g/mol. The van der Waals surface area contributed by atoms with Crippen LogP contribution in [0.3, 0.4) is 0 Å². The number of benzene rings is 1. The SMILES string of the molecule is C[SH](C)c1nc(C(C)(C)CCC(C)(CC(=O)OCc2ccccc2)c2noc(C(C)(C)C)n2)no1. The van der Waals surface area contributed by atoms with E-state index in [1.165, 1.54) is 0 Å². The van der Waals surface area contributed by atoms with Crippen LogP contribution >= 0.6 is 10.9 Å². The summed E-state index contributed by atoms with van der Waals surface area (Å²) in [5.74, 6) is 1.41. The highest BCUT2D eigenvalue weighted by atomic mass is 32.2. The van der Waals surface area contributed by atoms with Gasteiger partial charge in [-0.1, -0.05) is 82.2 Å². The maximum atomic E-state index is 12.9. The molecule has 1 unspecified atom stereocenters. The highest BCUT2D eigenvalue weighted by Crippen LogP contribution is 2.38. The molecule has 0 amide bonds. The Morgan fingerprint density at radius 3 is 2.14 bits per heavy atom. The minimum absolute atomic E-state index is 0.131. The fourth-order valence-electron chi connectivity index (χ4n) is 3.53. The van der Waals surface area contributed by atoms with E-state index in [4.69, 9.17) is 18.8 Å². The summed E-state index contributed by atoms with van der Waals surface area (Å²) in [5.41, 5.74) is -0.400. The van der Waals surface area contributed by atoms with Crippen LogP contribution < -0.4 is 0 Å². The lowest BCUT2D eigenvalue weighted by molar-refractivity contribution is -0.146. The zero-order chi connectivity index (χ0) is 25.9. The van der Waals surface area contributed by atoms with Crippen LogP contribution in [0, 0.1) is 0 Å². The first-order chi connectivity index (χ1) is 16.3. The van der Waals surface area contributed by atoms with Gasteiger partial charge in [0.05, 0.1) is 6.42 Å². The number of rotatable bonds is 10. The second kappa shape index (κ2) is 10.5. The first kappa shape index (κ1) is 26.9. The lowest BCUT2D eigenvalue weighted by Crippen LogP contribution is -2.32. The van der Waals surface area contributed by atoms with Crippen LogP contribution in [0.15, 0.2) is 44.6 Å². The zero-order valence-corrected chi connectivity index (χ0v) is 23.0. The van der Waals surface area contributed by atoms with Gasteiger partial charge in [0.2, 0.25) is 5.89 Å². The average Bonchev–Trinajstić information content (AvgIpc) is 3.48. The normalized spacial score (nSPS) is 14.5. The first-order valence-electron chi connectivity index (χ1n) is 11.9. The number of hydrogen-bond donors (Lipinski definition) is 1. The van der Waals surface area contributed by atoms with Gasteiger partial charge < -0.3 is 13.8 Å². The molecule has 9 heteroatoms. The number of carbonyl (C=O) groups is 1. The van der Waals surface area contributed by atoms with E-state index in [9.17, 15) is 4.79 Å². The Morgan fingerprint density at radius 2 is 1.57 bits per heavy atom. The number of ether oxygens (including phenoxy) is 1. The molecule has 2 aromatic heterocycles. The Kier molecular flexibility index (Phi) is 8.09. The van der Waals surface area contributed by atoms with E-state index in [-0.39, 0.29) is 29.8 Å². The standard InChI is InChI=1S/C26H38N4O4S/c1-24(2,3)22-27-21(30-33-22)26(6,16-19(31)32-17-18-12-10-9-11-13-18)15-14-25(4,5)20-28-23(34-29-20)35(7)8/h9-13,35H,14-17H2,1-8H3. The first-order valence-corrected chi connectivity index (χ1v) is 14.1. The van der Waals surface area contributed by atoms with Crippen LogP contribution in [0.5, 0.6) is 0 Å². The summed E-state index contributed by atoms with van der Waals surface area (Å²) in [6.45, 7) is 12.4. The number of esters is 1. The molecule has 0 bridgehead atoms. The predicted octanol–water partition coefficient (Wildman–Crippen LogP) is 5.52. The van der Waals surface area contributed by atoms with Crippen molar-refractivity contribution in [1.82, 2.24) is 20.3 Å². The van der Waals surface area contributed by atoms with E-state index in [2.05, 4.69) is 41.7 Å². The Labute approximate surface area is 210 Å². The zero-order valence-electron chi connectivity index (χ0n) is 22.1. The second-order valence-electron chi connectivity index (χ2n) is 11.2. The molecule has 0 saturated heterocycles. The summed E-state index contributed by atoms with van der Waals surface area (Å²) in [4.78, 5) is 22.3. The van der Waals surface area contributed by atoms with Crippen molar-refractivity contribution >= 4 is 16.9 Å². The molecule has 8 nitrogen and oxygen atoms in total. The van der Waals surface area contributed by atoms with Crippen molar-refractivity contribution in [2.24, 2.45) is 0 Å². The molecule has 3 rings (SSSR count). The second-order valence-corrected chi connectivity index (χ2v) is 13.4. The predicted molar refractivity (Wildman–Crippen MR) is 137 cm³/mol. The van der Waals surface area contributed by atoms with Gasteiger partial charge in [-0.05, 0) is 30.9 Å². The molecule has 0 N–H and O–H groups in total. The molecule has 1 atom stereocenters. The lowest BCUT2D eigenvalue weighted by Gasteiger charge is -2.29. The van der Waals surface area contributed by atoms with Gasteiger partial charge in [0.15, 0.2) is 11.6 Å². The molecule has 2 heterocycles. The van der Waals surface area contributed by atoms with Crippen molar-refractivity contribution in [2.45, 2.75) is 88.9 Å². The Hall–Kier alpha value is -2.68. The van der Waals surface area contributed by atoms with E-state index in [0.717, 1.165) is 5.56 Å². The van der Waals surface area contributed by atoms with Gasteiger partial charge in [-0.15, -0.1) is 0 Å². The molecule has 192 valence electrons. The summed E-state index contributed by atoms with van der Waals surface area (Å²) >= 11 is 0. The molecular formula is C26H38N4O4S. The minimum atomic E-state index is -0.688. The molecule has 35 heavy (non-hydrogen) atoms. The van der Waals surface area contributed by atoms with E-state index in [0.29, 0.717) is 35.6 Å². The highest BCUT2D eigenvalue weighted by Gasteiger charge is 2.39. The molecule has 1 aromatic carbocycles. The van der Waals surface area contributed by atoms with Crippen molar-refractivity contribution in [3.05, 3.63) is 53.4 Å². The smallest absolute Gasteiger partial charge is 0.307 e. The van der Waals surface area contributed by atoms with Gasteiger partial charge in [0, 0.05) is 16.2 Å². The van der Waals surface area contributed by atoms with Crippen molar-refractivity contribution < 1.29 is 18.6 Å². The van der Waals surface area contributed by atoms with Crippen LogP contribution in [-0.4, -0.2) is 38.8 Å². The number of carbonyl (C=O) groups excluding carboxylic acids is 1. The van der Waals surface area contributed by atoms with Crippen LogP contribution in [-0.2, 0) is 32.4 Å². The minimum Gasteiger partial charge on any atom is -0.461 e. The number of hydrogen-bond acceptors (Lipinski definition) is 8. The van der Waals surface area contributed by atoms with E-state index < -0.39 is 16.3 Å². The molecule has 0 aliphatic rings. The summed E-state index contributed by atoms with van der Waals surface area (Å²) in [7, 11) is -0.468. The fourth-order valence-corrected chi connectivity index (χ4v) is 4.03. The lowest BCUT2D eigenvalue weighted by atomic mass is 9.75. The van der Waals surface area contributed by atoms with Crippen LogP contribution in [0.4, 0.5) is 0 Å². The molecule has 3 aromatic rings. The largest absolute Gasteiger partial charge is 0.461 e. The van der Waals surface area contributed by atoms with Gasteiger partial charge in [-0.2, -0.15) is 20.9 Å². The molecule has 0 aliphatic heterocycles. The third-order valence-electron chi connectivity index (χ3n) is 6.09. The van der Waals surface area contributed by atoms with Crippen molar-refractivity contribution in [2.75, 3.05) is 12.5 Å². The molecular weight excluding hydrogens is 464 g/mol. The Morgan fingerprint density at radius 1 is 0.914 bits per heavy atom. The maximum absolute atomic E-state index is 12.9. The molecule has 0 aliphatic carbocycles. The summed E-state index contributed by atoms with van der Waals surface area (Å²) in [5, 5.41) is 9.20. The van der Waals surface area contributed by atoms with Crippen LogP contribution in [0.1, 0.15) is 83.9 Å². The third kappa shape index (κ3) is 6.93. The maximum Gasteiger partial charge on any atom is 0.307 e. The van der Waals surface area contributed by atoms with E-state index >= 15 is 0 Å². The number of nitrogens with zero attached hydrogens (tertiary/aromatic N) is 4. The summed E-state index contributed by atoms with van der Waals surface area (Å²) < 4.78 is 16.6. The third-order valence-corrected chi connectivity index (χ3v) is 7.04. The van der Waals surface area contributed by atoms with Crippen LogP contribution in [0.25, 0.3) is 0 Å². The van der Waals surface area contributed by atoms with Gasteiger partial charge in [-0.25, -0.2) is 0 Å². The average molecular weight is 503 g/mol. The summed E-state index contributed by atoms with van der Waals surface area (Å²) in [6.07, 6.45) is 5.60. The molecule has 0 fully saturated rings. The summed E-state index contributed by atoms with van der Waals surface area (Å²) in [6, 6.07) is 9.64. The van der Waals surface area contributed by atoms with E-state index in [1.807, 2.05) is 58.0 Å². The quantitative estimate of drug-likeness (QED) is 0.285. The van der Waals surface area contributed by atoms with Crippen molar-refractivity contribution in [3.63, 3.8) is 0 Å². The topological polar surface area (TPSA) is 104 Å². The van der Waals surface area contributed by atoms with Crippen LogP contribution in [0.2, 0.25) is 0 Å². The van der Waals surface area contributed by atoms with Crippen molar-refractivity contribution in [1.29, 1.82) is 0 Å². The number of thiol groups is 1. The number of aromatic nitrogens is 4. The van der Waals surface area contributed by atoms with Crippen molar-refractivity contribution in [3.8, 4) is 0 Å². The Balaban J connectivity index is 1.80. The van der Waals surface area contributed by atoms with Gasteiger partial charge in [0.1, 0.15) is 6.61 Å². The van der Waals surface area contributed by atoms with E-state index in [1.54, 1.807) is 0 Å². The van der Waals surface area contributed by atoms with Gasteiger partial charge in [-0.3, -0.25) is 4.79 Å². The Bertz CT molecular complexity index is 1120. The highest BCUT2D eigenvalue weighted by molar-refractivity contribution is 8.15. The molecule has 0 spiro atoms. The van der Waals surface area contributed by atoms with Gasteiger partial charge in [0.25, 0.3) is 5.22 Å².